The number of para-hydroxylation sites is 1. The van der Waals surface area contributed by atoms with E-state index in [1.165, 1.54) is 51.0 Å². The van der Waals surface area contributed by atoms with Crippen molar-refractivity contribution in [3.05, 3.63) is 48.0 Å². The van der Waals surface area contributed by atoms with Crippen LogP contribution < -0.4 is 61.2 Å². The zero-order valence-electron chi connectivity index (χ0n) is 18.8. The topological polar surface area (TPSA) is 86.7 Å². The molecule has 0 radical (unpaired) electrons. The van der Waals surface area contributed by atoms with Crippen LogP contribution in [0.3, 0.4) is 0 Å². The summed E-state index contributed by atoms with van der Waals surface area (Å²) in [4.78, 5) is -0.593. The van der Waals surface area contributed by atoms with Gasteiger partial charge in [0.1, 0.15) is 11.5 Å². The number of unbranched alkanes of at least 4 members (excludes halogenated alkanes) is 9. The van der Waals surface area contributed by atoms with Gasteiger partial charge in [0, 0.05) is 0 Å². The van der Waals surface area contributed by atoms with Gasteiger partial charge in [-0.05, 0) is 42.7 Å². The van der Waals surface area contributed by atoms with E-state index in [1.807, 2.05) is 18.2 Å². The average molecular weight is 473 g/mol. The van der Waals surface area contributed by atoms with Gasteiger partial charge in [0.05, 0.1) is 4.90 Å². The monoisotopic (exact) mass is 472 g/mol. The molecule has 0 aliphatic heterocycles. The normalized spacial score (nSPS) is 11.2. The van der Waals surface area contributed by atoms with Gasteiger partial charge in [-0.25, -0.2) is 0 Å². The number of rotatable bonds is 14. The average Bonchev–Trinajstić information content (AvgIpc) is 2.71. The van der Waals surface area contributed by atoms with Crippen molar-refractivity contribution in [1.29, 1.82) is 0 Å². The first-order valence-electron chi connectivity index (χ1n) is 11.0. The summed E-state index contributed by atoms with van der Waals surface area (Å²) in [7, 11) is -4.57. The van der Waals surface area contributed by atoms with Gasteiger partial charge in [-0.1, -0.05) is 88.7 Å². The molecule has 0 saturated heterocycles. The molecule has 0 fully saturated rings. The summed E-state index contributed by atoms with van der Waals surface area (Å²) in [5.74, 6) is 0.234. The molecule has 7 heteroatoms. The molecule has 0 atom stereocenters. The van der Waals surface area contributed by atoms with Crippen molar-refractivity contribution in [3.8, 4) is 17.2 Å². The van der Waals surface area contributed by atoms with Crippen LogP contribution in [-0.2, 0) is 16.5 Å². The maximum absolute atomic E-state index is 12.7. The summed E-state index contributed by atoms with van der Waals surface area (Å²) < 4.78 is 38.2. The Morgan fingerprint density at radius 1 is 0.839 bits per heavy atom. The minimum Gasteiger partial charge on any atom is -0.871 e. The van der Waals surface area contributed by atoms with Gasteiger partial charge in [0.2, 0.25) is 0 Å². The van der Waals surface area contributed by atoms with Crippen molar-refractivity contribution < 1.29 is 74.2 Å². The first-order valence-corrected chi connectivity index (χ1v) is 12.4. The molecule has 1 N–H and O–H groups in total. The summed E-state index contributed by atoms with van der Waals surface area (Å²) >= 11 is 0. The van der Waals surface area contributed by atoms with Crippen molar-refractivity contribution in [2.45, 2.75) is 82.4 Å². The van der Waals surface area contributed by atoms with E-state index in [0.29, 0.717) is 23.5 Å². The van der Waals surface area contributed by atoms with Crippen molar-refractivity contribution >= 4 is 10.1 Å². The Hall–Kier alpha value is -0.414. The van der Waals surface area contributed by atoms with Crippen LogP contribution in [0.25, 0.3) is 0 Å². The molecule has 0 heterocycles. The summed E-state index contributed by atoms with van der Waals surface area (Å²) in [5, 5.41) is 12.7. The van der Waals surface area contributed by atoms with E-state index in [0.717, 1.165) is 25.3 Å². The summed E-state index contributed by atoms with van der Waals surface area (Å²) in [6.07, 6.45) is 12.1. The Balaban J connectivity index is 0.00000480. The first-order chi connectivity index (χ1) is 14.4. The molecule has 0 spiro atoms. The molecule has 0 unspecified atom stereocenters. The predicted molar refractivity (Wildman–Crippen MR) is 118 cm³/mol. The standard InChI is InChI=1S/C24H34O5S.K/c1-2-3-4-5-6-7-8-9-10-14-17-21-22(29-20-15-12-11-13-16-20)18-19-23(24(21)25)30(26,27)28;/h11-13,15-16,18-19,25H,2-10,14,17H2,1H3,(H,26,27,28);/q;+1/p-1. The largest absolute Gasteiger partial charge is 1.00 e. The maximum Gasteiger partial charge on any atom is 1.00 e. The van der Waals surface area contributed by atoms with Gasteiger partial charge < -0.3 is 9.84 Å². The van der Waals surface area contributed by atoms with Gasteiger partial charge in [-0.2, -0.15) is 8.42 Å². The van der Waals surface area contributed by atoms with Crippen LogP contribution in [0.2, 0.25) is 0 Å². The molecule has 0 aromatic heterocycles. The molecule has 0 saturated carbocycles. The van der Waals surface area contributed by atoms with Crippen LogP contribution in [0.1, 0.15) is 76.7 Å². The molecular weight excluding hydrogens is 439 g/mol. The van der Waals surface area contributed by atoms with E-state index < -0.39 is 20.8 Å². The fraction of sp³-hybridized carbons (Fsp3) is 0.500. The van der Waals surface area contributed by atoms with Crippen molar-refractivity contribution in [2.24, 2.45) is 0 Å². The van der Waals surface area contributed by atoms with Crippen LogP contribution in [0.4, 0.5) is 0 Å². The molecule has 0 aliphatic rings. The van der Waals surface area contributed by atoms with Gasteiger partial charge in [-0.3, -0.25) is 4.55 Å². The van der Waals surface area contributed by atoms with Gasteiger partial charge in [0.25, 0.3) is 10.1 Å². The van der Waals surface area contributed by atoms with E-state index in [-0.39, 0.29) is 51.4 Å². The molecule has 166 valence electrons. The van der Waals surface area contributed by atoms with E-state index >= 15 is 0 Å². The molecule has 0 aliphatic carbocycles. The quantitative estimate of drug-likeness (QED) is 0.259. The van der Waals surface area contributed by atoms with Crippen molar-refractivity contribution in [2.75, 3.05) is 0 Å². The third kappa shape index (κ3) is 10.4. The molecule has 31 heavy (non-hydrogen) atoms. The second kappa shape index (κ2) is 15.4. The Morgan fingerprint density at radius 3 is 1.94 bits per heavy atom. The molecule has 0 amide bonds. The van der Waals surface area contributed by atoms with Crippen LogP contribution in [0.5, 0.6) is 17.2 Å². The zero-order valence-corrected chi connectivity index (χ0v) is 22.7. The van der Waals surface area contributed by atoms with Gasteiger partial charge in [-0.15, -0.1) is 0 Å². The smallest absolute Gasteiger partial charge is 0.871 e. The molecule has 2 aromatic carbocycles. The SMILES string of the molecule is CCCCCCCCCCCCc1c(Oc2ccccc2)ccc(S(=O)(=O)O)c1[O-].[K+]. The second-order valence-corrected chi connectivity index (χ2v) is 9.08. The molecule has 5 nitrogen and oxygen atoms in total. The Morgan fingerprint density at radius 2 is 1.39 bits per heavy atom. The molecular formula is C24H33KO5S. The minimum absolute atomic E-state index is 0. The van der Waals surface area contributed by atoms with Crippen LogP contribution in [0, 0.1) is 0 Å². The third-order valence-electron chi connectivity index (χ3n) is 5.21. The molecule has 2 rings (SSSR count). The van der Waals surface area contributed by atoms with Crippen molar-refractivity contribution in [1.82, 2.24) is 0 Å². The summed E-state index contributed by atoms with van der Waals surface area (Å²) in [6.45, 7) is 2.22. The van der Waals surface area contributed by atoms with E-state index in [9.17, 15) is 18.1 Å². The van der Waals surface area contributed by atoms with E-state index in [4.69, 9.17) is 4.74 Å². The first kappa shape index (κ1) is 28.6. The van der Waals surface area contributed by atoms with E-state index in [1.54, 1.807) is 12.1 Å². The second-order valence-electron chi connectivity index (χ2n) is 7.69. The Labute approximate surface area is 229 Å². The fourth-order valence-electron chi connectivity index (χ4n) is 3.53. The van der Waals surface area contributed by atoms with Crippen LogP contribution in [-0.4, -0.2) is 13.0 Å². The van der Waals surface area contributed by atoms with Crippen LogP contribution >= 0.6 is 0 Å². The number of ether oxygens (including phenoxy) is 1. The van der Waals surface area contributed by atoms with Gasteiger partial charge >= 0.3 is 51.4 Å². The van der Waals surface area contributed by atoms with Crippen molar-refractivity contribution in [3.63, 3.8) is 0 Å². The third-order valence-corrected chi connectivity index (χ3v) is 6.09. The Kier molecular flexibility index (Phi) is 14.2. The molecule has 2 aromatic rings. The Bertz CT molecular complexity index is 869. The maximum atomic E-state index is 12.7. The predicted octanol–water partition coefficient (Wildman–Crippen LogP) is 3.27. The van der Waals surface area contributed by atoms with Gasteiger partial charge in [0.15, 0.2) is 0 Å². The summed E-state index contributed by atoms with van der Waals surface area (Å²) in [5.41, 5.74) is 0.300. The molecule has 0 bridgehead atoms. The zero-order chi connectivity index (χ0) is 21.8. The van der Waals surface area contributed by atoms with E-state index in [2.05, 4.69) is 6.92 Å². The van der Waals surface area contributed by atoms with Crippen LogP contribution in [0.15, 0.2) is 47.4 Å². The summed E-state index contributed by atoms with van der Waals surface area (Å²) in [6, 6.07) is 11.6. The fourth-order valence-corrected chi connectivity index (χ4v) is 4.13. The minimum atomic E-state index is -4.57. The number of hydrogen-bond acceptors (Lipinski definition) is 4. The number of benzene rings is 2. The number of hydrogen-bond donors (Lipinski definition) is 1.